The van der Waals surface area contributed by atoms with Crippen LogP contribution in [0.4, 0.5) is 4.79 Å². The molecule has 1 radical (unpaired) electrons. The summed E-state index contributed by atoms with van der Waals surface area (Å²) in [5, 5.41) is 0. The van der Waals surface area contributed by atoms with Crippen molar-refractivity contribution in [2.45, 2.75) is 13.8 Å². The zero-order chi connectivity index (χ0) is 11.0. The van der Waals surface area contributed by atoms with E-state index in [-0.39, 0.29) is 13.2 Å². The molecule has 5 nitrogen and oxygen atoms in total. The Morgan fingerprint density at radius 1 is 1.29 bits per heavy atom. The molecule has 0 bridgehead atoms. The van der Waals surface area contributed by atoms with Gasteiger partial charge in [-0.15, -0.1) is 0 Å². The van der Waals surface area contributed by atoms with Crippen molar-refractivity contribution in [2.75, 3.05) is 13.2 Å². The standard InChI is InChI=1S/C9H13O5/c1-4-12-9(11)14-6-5-13-8(10)7(2)3/h4H,2,5-6H2,1,3H3. The third-order valence-electron chi connectivity index (χ3n) is 1.10. The topological polar surface area (TPSA) is 61.8 Å². The van der Waals surface area contributed by atoms with E-state index >= 15 is 0 Å². The Morgan fingerprint density at radius 2 is 1.86 bits per heavy atom. The first-order chi connectivity index (χ1) is 6.57. The smallest absolute Gasteiger partial charge is 0.459 e. The van der Waals surface area contributed by atoms with Gasteiger partial charge in [0.2, 0.25) is 0 Å². The van der Waals surface area contributed by atoms with Crippen LogP contribution in [0.25, 0.3) is 0 Å². The van der Waals surface area contributed by atoms with E-state index in [2.05, 4.69) is 20.8 Å². The first-order valence-corrected chi connectivity index (χ1v) is 4.01. The molecule has 0 spiro atoms. The molecule has 0 aromatic heterocycles. The molecule has 5 heteroatoms. The van der Waals surface area contributed by atoms with Crippen molar-refractivity contribution < 1.29 is 23.8 Å². The summed E-state index contributed by atoms with van der Waals surface area (Å²) in [7, 11) is 0. The molecule has 0 aliphatic heterocycles. The average Bonchev–Trinajstić information content (AvgIpc) is 2.12. The lowest BCUT2D eigenvalue weighted by molar-refractivity contribution is -0.140. The van der Waals surface area contributed by atoms with Crippen molar-refractivity contribution >= 4 is 12.1 Å². The Hall–Kier alpha value is -1.52. The van der Waals surface area contributed by atoms with Gasteiger partial charge in [0.25, 0.3) is 0 Å². The molecule has 79 valence electrons. The zero-order valence-electron chi connectivity index (χ0n) is 8.24. The number of hydrogen-bond acceptors (Lipinski definition) is 5. The highest BCUT2D eigenvalue weighted by atomic mass is 16.7. The van der Waals surface area contributed by atoms with E-state index in [9.17, 15) is 9.59 Å². The van der Waals surface area contributed by atoms with Gasteiger partial charge in [-0.25, -0.2) is 9.59 Å². The van der Waals surface area contributed by atoms with Crippen LogP contribution < -0.4 is 0 Å². The number of esters is 1. The van der Waals surface area contributed by atoms with E-state index in [1.54, 1.807) is 6.92 Å². The van der Waals surface area contributed by atoms with Gasteiger partial charge in [-0.05, 0) is 13.8 Å². The first kappa shape index (κ1) is 12.5. The van der Waals surface area contributed by atoms with E-state index in [1.807, 2.05) is 0 Å². The molecule has 0 unspecified atom stereocenters. The molecule has 0 N–H and O–H groups in total. The second-order valence-electron chi connectivity index (χ2n) is 2.37. The van der Waals surface area contributed by atoms with E-state index in [4.69, 9.17) is 0 Å². The molecule has 0 amide bonds. The van der Waals surface area contributed by atoms with Crippen LogP contribution in [0.1, 0.15) is 13.8 Å². The average molecular weight is 201 g/mol. The minimum Gasteiger partial charge on any atom is -0.459 e. The molecule has 0 aliphatic rings. The lowest BCUT2D eigenvalue weighted by Crippen LogP contribution is -2.14. The predicted octanol–water partition coefficient (Wildman–Crippen LogP) is 1.44. The van der Waals surface area contributed by atoms with E-state index in [1.165, 1.54) is 13.5 Å². The van der Waals surface area contributed by atoms with Crippen LogP contribution in [0.2, 0.25) is 0 Å². The van der Waals surface area contributed by atoms with E-state index in [0.29, 0.717) is 5.57 Å². The Kier molecular flexibility index (Phi) is 6.19. The van der Waals surface area contributed by atoms with Crippen LogP contribution in [0.15, 0.2) is 12.2 Å². The summed E-state index contributed by atoms with van der Waals surface area (Å²) in [6.07, 6.45) is -0.820. The number of carbonyl (C=O) groups excluding carboxylic acids is 2. The molecule has 0 rings (SSSR count). The molecule has 0 aromatic carbocycles. The summed E-state index contributed by atoms with van der Waals surface area (Å²) in [5.41, 5.74) is 0.300. The van der Waals surface area contributed by atoms with Gasteiger partial charge < -0.3 is 14.2 Å². The summed E-state index contributed by atoms with van der Waals surface area (Å²) < 4.78 is 13.5. The molecule has 0 aliphatic carbocycles. The van der Waals surface area contributed by atoms with Gasteiger partial charge in [-0.1, -0.05) is 6.58 Å². The number of rotatable bonds is 5. The number of ether oxygens (including phenoxy) is 3. The fourth-order valence-corrected chi connectivity index (χ4v) is 0.513. The first-order valence-electron chi connectivity index (χ1n) is 4.01. The van der Waals surface area contributed by atoms with Gasteiger partial charge in [0.05, 0.1) is 0 Å². The summed E-state index contributed by atoms with van der Waals surface area (Å²) in [4.78, 5) is 21.4. The van der Waals surface area contributed by atoms with Crippen molar-refractivity contribution in [3.63, 3.8) is 0 Å². The highest BCUT2D eigenvalue weighted by Gasteiger charge is 2.05. The van der Waals surface area contributed by atoms with Crippen LogP contribution in [0.5, 0.6) is 0 Å². The second-order valence-corrected chi connectivity index (χ2v) is 2.37. The predicted molar refractivity (Wildman–Crippen MR) is 48.2 cm³/mol. The Bertz CT molecular complexity index is 221. The molecule has 0 heterocycles. The quantitative estimate of drug-likeness (QED) is 0.382. The van der Waals surface area contributed by atoms with Gasteiger partial charge in [0.15, 0.2) is 0 Å². The Balaban J connectivity index is 3.42. The minimum absolute atomic E-state index is 0.00942. The summed E-state index contributed by atoms with van der Waals surface area (Å²) in [5.74, 6) is -0.510. The van der Waals surface area contributed by atoms with Crippen LogP contribution in [-0.2, 0) is 19.0 Å². The number of hydrogen-bond donors (Lipinski definition) is 0. The second kappa shape index (κ2) is 6.94. The van der Waals surface area contributed by atoms with Crippen LogP contribution >= 0.6 is 0 Å². The molecule has 14 heavy (non-hydrogen) atoms. The molecule has 0 saturated heterocycles. The van der Waals surface area contributed by atoms with Gasteiger partial charge in [-0.3, -0.25) is 0 Å². The Morgan fingerprint density at radius 3 is 2.36 bits per heavy atom. The summed E-state index contributed by atoms with van der Waals surface area (Å²) >= 11 is 0. The van der Waals surface area contributed by atoms with Gasteiger partial charge in [0, 0.05) is 5.57 Å². The van der Waals surface area contributed by atoms with Crippen LogP contribution in [0, 0.1) is 6.61 Å². The highest BCUT2D eigenvalue weighted by Crippen LogP contribution is 1.93. The van der Waals surface area contributed by atoms with Crippen molar-refractivity contribution in [3.05, 3.63) is 18.8 Å². The third-order valence-corrected chi connectivity index (χ3v) is 1.10. The minimum atomic E-state index is -0.820. The summed E-state index contributed by atoms with van der Waals surface area (Å²) in [6.45, 7) is 7.61. The molecule has 0 aromatic rings. The van der Waals surface area contributed by atoms with Gasteiger partial charge >= 0.3 is 12.1 Å². The maximum Gasteiger partial charge on any atom is 0.508 e. The fourth-order valence-electron chi connectivity index (χ4n) is 0.513. The highest BCUT2D eigenvalue weighted by molar-refractivity contribution is 5.86. The molecular weight excluding hydrogens is 188 g/mol. The molecule has 0 saturated carbocycles. The van der Waals surface area contributed by atoms with Gasteiger partial charge in [-0.2, -0.15) is 0 Å². The SMILES string of the molecule is C=C(C)C(=O)OCCOC(=O)O[CH]C. The monoisotopic (exact) mass is 201 g/mol. The van der Waals surface area contributed by atoms with Crippen LogP contribution in [0.3, 0.4) is 0 Å². The fraction of sp³-hybridized carbons (Fsp3) is 0.444. The molecule has 0 fully saturated rings. The summed E-state index contributed by atoms with van der Waals surface area (Å²) in [6, 6.07) is 0. The lowest BCUT2D eigenvalue weighted by Gasteiger charge is -2.05. The normalized spacial score (nSPS) is 9.00. The zero-order valence-corrected chi connectivity index (χ0v) is 8.24. The van der Waals surface area contributed by atoms with Crippen LogP contribution in [-0.4, -0.2) is 25.3 Å². The van der Waals surface area contributed by atoms with Gasteiger partial charge in [0.1, 0.15) is 19.8 Å². The maximum atomic E-state index is 10.8. The van der Waals surface area contributed by atoms with E-state index < -0.39 is 12.1 Å². The van der Waals surface area contributed by atoms with Crippen molar-refractivity contribution in [1.29, 1.82) is 0 Å². The molecule has 0 atom stereocenters. The van der Waals surface area contributed by atoms with E-state index in [0.717, 1.165) is 0 Å². The van der Waals surface area contributed by atoms with Crippen molar-refractivity contribution in [1.82, 2.24) is 0 Å². The molecular formula is C9H13O5. The van der Waals surface area contributed by atoms with Crippen molar-refractivity contribution in [2.24, 2.45) is 0 Å². The third kappa shape index (κ3) is 6.05. The largest absolute Gasteiger partial charge is 0.508 e. The maximum absolute atomic E-state index is 10.8. The number of carbonyl (C=O) groups is 2. The van der Waals surface area contributed by atoms with Crippen molar-refractivity contribution in [3.8, 4) is 0 Å². The Labute approximate surface area is 82.6 Å². The lowest BCUT2D eigenvalue weighted by atomic mass is 10.4.